The average Bonchev–Trinajstić information content (AvgIpc) is 2.46. The number of rotatable bonds is 6. The molecule has 0 aromatic heterocycles. The minimum Gasteiger partial charge on any atom is -0.489 e. The van der Waals surface area contributed by atoms with Crippen molar-refractivity contribution < 1.29 is 38.5 Å². The second-order valence-electron chi connectivity index (χ2n) is 5.34. The molecule has 136 valence electrons. The lowest BCUT2D eigenvalue weighted by Crippen LogP contribution is -2.37. The molecule has 0 spiro atoms. The van der Waals surface area contributed by atoms with Gasteiger partial charge in [0.2, 0.25) is 0 Å². The molecule has 0 saturated carbocycles. The quantitative estimate of drug-likeness (QED) is 0.345. The van der Waals surface area contributed by atoms with Gasteiger partial charge in [0.1, 0.15) is 11.9 Å². The molecule has 24 heavy (non-hydrogen) atoms. The summed E-state index contributed by atoms with van der Waals surface area (Å²) < 4.78 is 28.7. The summed E-state index contributed by atoms with van der Waals surface area (Å²) in [5.41, 5.74) is 0.904. The molecule has 0 bridgehead atoms. The Morgan fingerprint density at radius 3 is 2.42 bits per heavy atom. The van der Waals surface area contributed by atoms with Crippen LogP contribution in [0.1, 0.15) is 18.4 Å². The first kappa shape index (κ1) is 20.3. The Balaban J connectivity index is 2.30. The Bertz CT molecular complexity index is 678. The standard InChI is InChI=1S/C12H18O8P2S2/c1-23-24-10-4-2-3-8-5-6-9(20-11(8)10)7-12(13,21(14,15)16)22(17,18)19/h2-4,9,13H,5-7H2,1H3,(H2,14,15,16)(H2,17,18,19). The van der Waals surface area contributed by atoms with Crippen molar-refractivity contribution in [3.05, 3.63) is 23.8 Å². The zero-order chi connectivity index (χ0) is 18.2. The predicted octanol–water partition coefficient (Wildman–Crippen LogP) is 2.14. The number of aryl methyl sites for hydroxylation is 1. The zero-order valence-corrected chi connectivity index (χ0v) is 16.0. The molecule has 0 amide bonds. The SMILES string of the molecule is CSSc1cccc2c1OC(CC(O)(P(=O)(O)O)P(=O)(O)O)CC2. The molecule has 1 aliphatic rings. The van der Waals surface area contributed by atoms with E-state index in [2.05, 4.69) is 0 Å². The molecular formula is C12H18O8P2S2. The summed E-state index contributed by atoms with van der Waals surface area (Å²) >= 11 is 0. The van der Waals surface area contributed by atoms with Crippen molar-refractivity contribution in [2.24, 2.45) is 0 Å². The van der Waals surface area contributed by atoms with Gasteiger partial charge in [-0.1, -0.05) is 33.7 Å². The number of para-hydroxylation sites is 1. The molecule has 0 fully saturated rings. The van der Waals surface area contributed by atoms with Crippen molar-refractivity contribution in [2.75, 3.05) is 6.26 Å². The molecule has 1 unspecified atom stereocenters. The van der Waals surface area contributed by atoms with Crippen LogP contribution in [0.5, 0.6) is 5.75 Å². The van der Waals surface area contributed by atoms with Gasteiger partial charge >= 0.3 is 15.2 Å². The molecule has 1 aromatic rings. The summed E-state index contributed by atoms with van der Waals surface area (Å²) in [6, 6.07) is 5.54. The van der Waals surface area contributed by atoms with Crippen LogP contribution in [0.4, 0.5) is 0 Å². The molecule has 5 N–H and O–H groups in total. The van der Waals surface area contributed by atoms with E-state index in [0.29, 0.717) is 12.2 Å². The Morgan fingerprint density at radius 1 is 1.25 bits per heavy atom. The number of aliphatic hydroxyl groups is 1. The van der Waals surface area contributed by atoms with E-state index in [-0.39, 0.29) is 6.42 Å². The van der Waals surface area contributed by atoms with Crippen molar-refractivity contribution in [3.63, 3.8) is 0 Å². The molecule has 1 aliphatic heterocycles. The van der Waals surface area contributed by atoms with Crippen molar-refractivity contribution in [1.29, 1.82) is 0 Å². The second-order valence-corrected chi connectivity index (χ2v) is 11.8. The molecule has 2 rings (SSSR count). The largest absolute Gasteiger partial charge is 0.489 e. The molecule has 8 nitrogen and oxygen atoms in total. The monoisotopic (exact) mass is 416 g/mol. The fourth-order valence-electron chi connectivity index (χ4n) is 2.45. The lowest BCUT2D eigenvalue weighted by atomic mass is 10.0. The summed E-state index contributed by atoms with van der Waals surface area (Å²) in [5, 5.41) is 6.59. The average molecular weight is 416 g/mol. The molecule has 0 radical (unpaired) electrons. The Labute approximate surface area is 146 Å². The third kappa shape index (κ3) is 4.03. The van der Waals surface area contributed by atoms with Crippen LogP contribution >= 0.6 is 36.8 Å². The maximum atomic E-state index is 11.5. The molecule has 0 aliphatic carbocycles. The van der Waals surface area contributed by atoms with Gasteiger partial charge in [-0.2, -0.15) is 0 Å². The summed E-state index contributed by atoms with van der Waals surface area (Å²) in [5.74, 6) is 0.520. The highest BCUT2D eigenvalue weighted by Crippen LogP contribution is 2.69. The number of fused-ring (bicyclic) bond motifs is 1. The number of ether oxygens (including phenoxy) is 1. The third-order valence-corrected chi connectivity index (χ3v) is 9.19. The molecule has 1 heterocycles. The second kappa shape index (κ2) is 7.31. The van der Waals surface area contributed by atoms with Crippen molar-refractivity contribution in [1.82, 2.24) is 0 Å². The normalized spacial score (nSPS) is 18.8. The van der Waals surface area contributed by atoms with Crippen LogP contribution in [0.15, 0.2) is 23.1 Å². The van der Waals surface area contributed by atoms with Crippen molar-refractivity contribution in [2.45, 2.75) is 35.3 Å². The van der Waals surface area contributed by atoms with Crippen molar-refractivity contribution >= 4 is 36.8 Å². The van der Waals surface area contributed by atoms with Gasteiger partial charge in [-0.05, 0) is 30.7 Å². The molecule has 12 heteroatoms. The van der Waals surface area contributed by atoms with Gasteiger partial charge in [-0.25, -0.2) is 0 Å². The Hall–Kier alpha value is -0.0200. The van der Waals surface area contributed by atoms with E-state index in [4.69, 9.17) is 4.74 Å². The predicted molar refractivity (Wildman–Crippen MR) is 92.2 cm³/mol. The first-order valence-corrected chi connectivity index (χ1v) is 12.6. The lowest BCUT2D eigenvalue weighted by Gasteiger charge is -2.35. The van der Waals surface area contributed by atoms with Crippen LogP contribution in [-0.2, 0) is 15.6 Å². The highest BCUT2D eigenvalue weighted by atomic mass is 33.1. The minimum atomic E-state index is -5.48. The van der Waals surface area contributed by atoms with Crippen LogP contribution in [0, 0.1) is 0 Å². The van der Waals surface area contributed by atoms with Gasteiger partial charge in [-0.3, -0.25) is 9.13 Å². The van der Waals surface area contributed by atoms with E-state index in [0.717, 1.165) is 10.5 Å². The molecular weight excluding hydrogens is 398 g/mol. The summed E-state index contributed by atoms with van der Waals surface area (Å²) in [6.45, 7) is 0. The molecule has 0 saturated heterocycles. The zero-order valence-electron chi connectivity index (χ0n) is 12.6. The van der Waals surface area contributed by atoms with Crippen molar-refractivity contribution in [3.8, 4) is 5.75 Å². The van der Waals surface area contributed by atoms with Crippen LogP contribution in [-0.4, -0.2) is 42.1 Å². The van der Waals surface area contributed by atoms with Crippen LogP contribution < -0.4 is 4.74 Å². The summed E-state index contributed by atoms with van der Waals surface area (Å²) in [6.07, 6.45) is 0.889. The van der Waals surface area contributed by atoms with E-state index >= 15 is 0 Å². The van der Waals surface area contributed by atoms with Gasteiger partial charge in [0.15, 0.2) is 0 Å². The first-order valence-electron chi connectivity index (χ1n) is 6.82. The number of benzene rings is 1. The highest BCUT2D eigenvalue weighted by Gasteiger charge is 2.60. The van der Waals surface area contributed by atoms with Gasteiger partial charge < -0.3 is 29.4 Å². The maximum absolute atomic E-state index is 11.5. The smallest absolute Gasteiger partial charge is 0.369 e. The van der Waals surface area contributed by atoms with Gasteiger partial charge in [0.05, 0.1) is 4.90 Å². The lowest BCUT2D eigenvalue weighted by molar-refractivity contribution is 0.0641. The van der Waals surface area contributed by atoms with Crippen LogP contribution in [0.25, 0.3) is 0 Å². The Kier molecular flexibility index (Phi) is 6.18. The fraction of sp³-hybridized carbons (Fsp3) is 0.500. The number of hydrogen-bond donors (Lipinski definition) is 5. The summed E-state index contributed by atoms with van der Waals surface area (Å²) in [7, 11) is -8.03. The number of hydrogen-bond acceptors (Lipinski definition) is 6. The topological polar surface area (TPSA) is 145 Å². The first-order chi connectivity index (χ1) is 11.0. The van der Waals surface area contributed by atoms with E-state index in [9.17, 15) is 33.8 Å². The molecule has 1 atom stereocenters. The van der Waals surface area contributed by atoms with Crippen LogP contribution in [0.2, 0.25) is 0 Å². The van der Waals surface area contributed by atoms with E-state index in [1.165, 1.54) is 21.6 Å². The minimum absolute atomic E-state index is 0.280. The highest BCUT2D eigenvalue weighted by molar-refractivity contribution is 8.76. The molecule has 1 aromatic carbocycles. The third-order valence-electron chi connectivity index (χ3n) is 3.69. The van der Waals surface area contributed by atoms with E-state index < -0.39 is 32.8 Å². The van der Waals surface area contributed by atoms with E-state index in [1.807, 2.05) is 24.5 Å². The van der Waals surface area contributed by atoms with Gasteiger partial charge in [0, 0.05) is 6.42 Å². The maximum Gasteiger partial charge on any atom is 0.369 e. The Morgan fingerprint density at radius 2 is 1.88 bits per heavy atom. The van der Waals surface area contributed by atoms with E-state index in [1.54, 1.807) is 0 Å². The van der Waals surface area contributed by atoms with Gasteiger partial charge in [-0.15, -0.1) is 0 Å². The van der Waals surface area contributed by atoms with Crippen LogP contribution in [0.3, 0.4) is 0 Å². The summed E-state index contributed by atoms with van der Waals surface area (Å²) in [4.78, 5) is 37.8. The van der Waals surface area contributed by atoms with Gasteiger partial charge in [0.25, 0.3) is 5.08 Å². The fourth-order valence-corrected chi connectivity index (χ4v) is 6.19.